The van der Waals surface area contributed by atoms with Gasteiger partial charge in [0.2, 0.25) is 6.41 Å². The molecule has 3 aliphatic carbocycles. The average molecular weight is 622 g/mol. The monoisotopic (exact) mass is 621 g/mol. The summed E-state index contributed by atoms with van der Waals surface area (Å²) >= 11 is 1.07. The van der Waals surface area contributed by atoms with Gasteiger partial charge in [-0.1, -0.05) is 13.0 Å². The van der Waals surface area contributed by atoms with E-state index in [2.05, 4.69) is 62.1 Å². The Labute approximate surface area is 257 Å². The number of hydrogen-bond acceptors (Lipinski definition) is 7. The second-order valence-corrected chi connectivity index (χ2v) is 14.1. The molecular weight excluding hydrogens is 587 g/mol. The van der Waals surface area contributed by atoms with Crippen molar-refractivity contribution in [2.45, 2.75) is 76.8 Å². The third-order valence-corrected chi connectivity index (χ3v) is 11.6. The van der Waals surface area contributed by atoms with E-state index in [1.807, 2.05) is 6.07 Å². The second kappa shape index (κ2) is 10.4. The van der Waals surface area contributed by atoms with Crippen LogP contribution in [0.2, 0.25) is 0 Å². The predicted octanol–water partition coefficient (Wildman–Crippen LogP) is 5.92. The van der Waals surface area contributed by atoms with Crippen LogP contribution in [0.4, 0.5) is 19.0 Å². The first-order valence-electron chi connectivity index (χ1n) is 15.1. The zero-order chi connectivity index (χ0) is 30.9. The van der Waals surface area contributed by atoms with Crippen LogP contribution in [0, 0.1) is 29.6 Å². The third-order valence-electron chi connectivity index (χ3n) is 10.6. The van der Waals surface area contributed by atoms with E-state index in [0.717, 1.165) is 80.5 Å². The van der Waals surface area contributed by atoms with Gasteiger partial charge in [-0.05, 0) is 73.3 Å². The Morgan fingerprint density at radius 3 is 2.64 bits per heavy atom. The summed E-state index contributed by atoms with van der Waals surface area (Å²) in [6.07, 6.45) is 0.712. The highest BCUT2D eigenvalue weighted by Crippen LogP contribution is 2.71. The van der Waals surface area contributed by atoms with Crippen molar-refractivity contribution in [2.24, 2.45) is 11.3 Å². The Morgan fingerprint density at radius 2 is 1.95 bits per heavy atom. The normalized spacial score (nSPS) is 25.4. The molecule has 8 rings (SSSR count). The lowest BCUT2D eigenvalue weighted by atomic mass is 9.33. The molecule has 12 heteroatoms. The number of likely N-dealkylation sites (tertiary alicyclic amines) is 1. The van der Waals surface area contributed by atoms with Gasteiger partial charge in [-0.2, -0.15) is 18.4 Å². The molecule has 0 spiro atoms. The number of thiophene rings is 1. The smallest absolute Gasteiger partial charge is 0.367 e. The molecule has 0 unspecified atom stereocenters. The summed E-state index contributed by atoms with van der Waals surface area (Å²) < 4.78 is 40.9. The van der Waals surface area contributed by atoms with Crippen molar-refractivity contribution in [3.8, 4) is 6.07 Å². The zero-order valence-electron chi connectivity index (χ0n) is 24.7. The lowest BCUT2D eigenvalue weighted by Gasteiger charge is -2.75. The fourth-order valence-corrected chi connectivity index (χ4v) is 9.01. The molecule has 2 bridgehead atoms. The van der Waals surface area contributed by atoms with Crippen molar-refractivity contribution >= 4 is 44.7 Å². The topological polar surface area (TPSA) is 98.9 Å². The van der Waals surface area contributed by atoms with Gasteiger partial charge in [0, 0.05) is 53.5 Å². The number of rotatable bonds is 9. The summed E-state index contributed by atoms with van der Waals surface area (Å²) in [5.74, 6) is 0.986. The molecule has 8 nitrogen and oxygen atoms in total. The molecular formula is C32H34F3N7OS. The van der Waals surface area contributed by atoms with Crippen LogP contribution >= 0.6 is 11.3 Å². The molecule has 4 aliphatic rings. The molecule has 4 aromatic rings. The summed E-state index contributed by atoms with van der Waals surface area (Å²) in [5.41, 5.74) is 4.27. The molecule has 230 valence electrons. The number of nitrogens with one attached hydrogen (secondary N) is 2. The van der Waals surface area contributed by atoms with E-state index in [4.69, 9.17) is 0 Å². The number of halogens is 3. The molecule has 3 saturated carbocycles. The number of anilines is 1. The Morgan fingerprint density at radius 1 is 1.18 bits per heavy atom. The van der Waals surface area contributed by atoms with Gasteiger partial charge in [-0.15, -0.1) is 11.3 Å². The summed E-state index contributed by atoms with van der Waals surface area (Å²) in [5, 5.41) is 18.2. The van der Waals surface area contributed by atoms with E-state index in [0.29, 0.717) is 27.6 Å². The number of alkyl halides is 3. The van der Waals surface area contributed by atoms with E-state index < -0.39 is 12.6 Å². The lowest BCUT2D eigenvalue weighted by Crippen LogP contribution is -2.80. The highest BCUT2D eigenvalue weighted by Gasteiger charge is 2.73. The number of benzene rings is 1. The SMILES string of the molecule is Cc1c(CN2CCC(Nc3ncnc4sc(CC(F)(F)F)cc34)CC2)ccc2c1cc(C#N)n2CC12CC(NC=O)(C1)[C@H]2C. The lowest BCUT2D eigenvalue weighted by molar-refractivity contribution is -0.226. The van der Waals surface area contributed by atoms with Crippen LogP contribution in [0.1, 0.15) is 54.3 Å². The molecule has 0 radical (unpaired) electrons. The molecule has 1 aliphatic heterocycles. The molecule has 4 heterocycles. The summed E-state index contributed by atoms with van der Waals surface area (Å²) in [6.45, 7) is 7.70. The van der Waals surface area contributed by atoms with Crippen molar-refractivity contribution in [2.75, 3.05) is 18.4 Å². The number of nitriles is 1. The van der Waals surface area contributed by atoms with Gasteiger partial charge >= 0.3 is 6.18 Å². The van der Waals surface area contributed by atoms with Crippen molar-refractivity contribution < 1.29 is 18.0 Å². The van der Waals surface area contributed by atoms with Crippen molar-refractivity contribution in [1.82, 2.24) is 24.8 Å². The first-order chi connectivity index (χ1) is 21.0. The third kappa shape index (κ3) is 4.81. The van der Waals surface area contributed by atoms with E-state index in [-0.39, 0.29) is 21.9 Å². The van der Waals surface area contributed by atoms with Gasteiger partial charge in [0.1, 0.15) is 28.7 Å². The zero-order valence-corrected chi connectivity index (χ0v) is 25.5. The fraction of sp³-hybridized carbons (Fsp3) is 0.500. The fourth-order valence-electron chi connectivity index (χ4n) is 7.98. The molecule has 3 aromatic heterocycles. The van der Waals surface area contributed by atoms with E-state index in [1.54, 1.807) is 6.07 Å². The van der Waals surface area contributed by atoms with Crippen LogP contribution in [0.15, 0.2) is 30.6 Å². The largest absolute Gasteiger partial charge is 0.393 e. The Balaban J connectivity index is 1.01. The van der Waals surface area contributed by atoms with Gasteiger partial charge in [0.25, 0.3) is 0 Å². The molecule has 44 heavy (non-hydrogen) atoms. The summed E-state index contributed by atoms with van der Waals surface area (Å²) in [7, 11) is 0. The van der Waals surface area contributed by atoms with E-state index in [1.165, 1.54) is 17.5 Å². The highest BCUT2D eigenvalue weighted by atomic mass is 32.1. The highest BCUT2D eigenvalue weighted by molar-refractivity contribution is 7.18. The molecule has 1 amide bonds. The minimum absolute atomic E-state index is 0.0609. The molecule has 1 atom stereocenters. The number of nitrogens with zero attached hydrogens (tertiary/aromatic N) is 5. The number of carbonyl (C=O) groups excluding carboxylic acids is 1. The maximum Gasteiger partial charge on any atom is 0.393 e. The van der Waals surface area contributed by atoms with Crippen molar-refractivity contribution in [1.29, 1.82) is 5.26 Å². The Kier molecular flexibility index (Phi) is 6.90. The minimum Gasteiger partial charge on any atom is -0.367 e. The molecule has 2 N–H and O–H groups in total. The van der Waals surface area contributed by atoms with Crippen LogP contribution < -0.4 is 10.6 Å². The predicted molar refractivity (Wildman–Crippen MR) is 163 cm³/mol. The van der Waals surface area contributed by atoms with Gasteiger partial charge in [0.05, 0.1) is 11.8 Å². The number of piperidine rings is 1. The second-order valence-electron chi connectivity index (χ2n) is 13.0. The molecule has 1 saturated heterocycles. The average Bonchev–Trinajstić information content (AvgIpc) is 3.55. The van der Waals surface area contributed by atoms with Crippen LogP contribution in [0.5, 0.6) is 0 Å². The standard InChI is InChI=1S/C32H34F3N7OS/c1-19-21(3-4-27-25(19)9-23(12-36)42(27)16-30-14-31(15-30,20(30)2)39-18-43)13-41-7-5-22(6-8-41)40-28-26-10-24(11-32(33,34)35)44-29(26)38-17-37-28/h3-4,9-10,17-18,20,22H,5-8,11,13-16H2,1-2H3,(H,39,43)(H,37,38,40)/t20-,30?,31?/m0/s1. The first-order valence-corrected chi connectivity index (χ1v) is 15.9. The van der Waals surface area contributed by atoms with Crippen LogP contribution in [-0.2, 0) is 24.3 Å². The quantitative estimate of drug-likeness (QED) is 0.225. The van der Waals surface area contributed by atoms with E-state index in [9.17, 15) is 23.2 Å². The number of fused-ring (bicyclic) bond motifs is 2. The number of amides is 1. The van der Waals surface area contributed by atoms with Gasteiger partial charge < -0.3 is 15.2 Å². The Hall–Kier alpha value is -3.69. The number of hydrogen-bond donors (Lipinski definition) is 2. The maximum atomic E-state index is 12.9. The van der Waals surface area contributed by atoms with Gasteiger partial charge in [-0.3, -0.25) is 9.69 Å². The first kappa shape index (κ1) is 29.0. The van der Waals surface area contributed by atoms with Crippen molar-refractivity contribution in [3.63, 3.8) is 0 Å². The molecule has 4 fully saturated rings. The van der Waals surface area contributed by atoms with Gasteiger partial charge in [0.15, 0.2) is 0 Å². The Bertz CT molecular complexity index is 1790. The van der Waals surface area contributed by atoms with Gasteiger partial charge in [-0.25, -0.2) is 9.97 Å². The summed E-state index contributed by atoms with van der Waals surface area (Å²) in [6, 6.07) is 10.5. The van der Waals surface area contributed by atoms with Crippen LogP contribution in [0.25, 0.3) is 21.1 Å². The summed E-state index contributed by atoms with van der Waals surface area (Å²) in [4.78, 5) is 22.8. The van der Waals surface area contributed by atoms with Crippen LogP contribution in [-0.4, -0.2) is 56.7 Å². The van der Waals surface area contributed by atoms with Crippen molar-refractivity contribution in [3.05, 3.63) is 52.3 Å². The number of carbonyl (C=O) groups is 1. The molecule has 1 aromatic carbocycles. The van der Waals surface area contributed by atoms with Crippen LogP contribution in [0.3, 0.4) is 0 Å². The van der Waals surface area contributed by atoms with E-state index >= 15 is 0 Å². The number of aryl methyl sites for hydroxylation is 1. The minimum atomic E-state index is -4.26. The maximum absolute atomic E-state index is 12.9. The number of aromatic nitrogens is 3.